The monoisotopic (exact) mass is 445 g/mol. The smallest absolute Gasteiger partial charge is 0.214 e. The molecule has 0 amide bonds. The molecule has 0 radical (unpaired) electrons. The number of aromatic nitrogens is 1. The van der Waals surface area contributed by atoms with Gasteiger partial charge in [0.2, 0.25) is 5.95 Å². The van der Waals surface area contributed by atoms with Crippen LogP contribution in [0.4, 0.5) is 15.8 Å². The third-order valence-corrected chi connectivity index (χ3v) is 7.13. The largest absolute Gasteiger partial charge is 0.362 e. The van der Waals surface area contributed by atoms with Crippen LogP contribution in [-0.2, 0) is 10.2 Å². The number of benzene rings is 1. The maximum Gasteiger partial charge on any atom is 0.214 e. The van der Waals surface area contributed by atoms with Crippen molar-refractivity contribution >= 4 is 17.2 Å². The van der Waals surface area contributed by atoms with Crippen LogP contribution in [0.25, 0.3) is 0 Å². The molecule has 170 valence electrons. The number of anilines is 2. The number of nitrogens with zero attached hydrogens (tertiary/aromatic N) is 4. The highest BCUT2D eigenvalue weighted by molar-refractivity contribution is 6.01. The van der Waals surface area contributed by atoms with Crippen molar-refractivity contribution in [2.45, 2.75) is 51.6 Å². The third-order valence-electron chi connectivity index (χ3n) is 7.13. The molecule has 3 aliphatic rings. The number of Topliss-reactive ketones (excluding diaryl/α,β-unsaturated/α-hetero) is 1. The van der Waals surface area contributed by atoms with Gasteiger partial charge in [-0.05, 0) is 42.0 Å². The molecule has 1 aliphatic carbocycles. The van der Waals surface area contributed by atoms with Crippen LogP contribution in [0, 0.1) is 11.4 Å². The molecule has 0 spiro atoms. The van der Waals surface area contributed by atoms with Crippen molar-refractivity contribution in [2.24, 2.45) is 15.6 Å². The maximum atomic E-state index is 13.8. The number of carbonyl (C=O) groups excluding carboxylic acids is 1. The number of ketones is 1. The number of nitrogens with one attached hydrogen (secondary N) is 1. The second kappa shape index (κ2) is 7.61. The van der Waals surface area contributed by atoms with Crippen molar-refractivity contribution in [3.05, 3.63) is 77.1 Å². The normalized spacial score (nSPS) is 25.3. The summed E-state index contributed by atoms with van der Waals surface area (Å²) in [4.78, 5) is 19.2. The Labute approximate surface area is 193 Å². The predicted octanol–water partition coefficient (Wildman–Crippen LogP) is 5.56. The second-order valence-electron chi connectivity index (χ2n) is 9.86. The van der Waals surface area contributed by atoms with E-state index in [4.69, 9.17) is 0 Å². The van der Waals surface area contributed by atoms with E-state index in [1.54, 1.807) is 6.07 Å². The summed E-state index contributed by atoms with van der Waals surface area (Å²) in [6, 6.07) is 11.3. The molecular formula is C26H28FN5O. The Balaban J connectivity index is 1.67. The molecule has 7 heteroatoms. The van der Waals surface area contributed by atoms with E-state index < -0.39 is 11.4 Å². The lowest BCUT2D eigenvalue weighted by Crippen LogP contribution is -2.51. The van der Waals surface area contributed by atoms with E-state index in [0.29, 0.717) is 18.5 Å². The number of halogens is 1. The standard InChI is InChI=1S/C26H28FN5O/c1-5-26(16-7-6-8-17(11-16)32(4)18-9-10-28-22(27)12-18)19-15-29-31-24(19)30-20-13-25(2,3)14-21(33)23(20)26/h6-12,15,24,30H,5,13-14H2,1-4H3/t24?,26-/m1/s1. The highest BCUT2D eigenvalue weighted by atomic mass is 19.1. The Morgan fingerprint density at radius 1 is 1.18 bits per heavy atom. The fourth-order valence-corrected chi connectivity index (χ4v) is 5.62. The number of fused-ring (bicyclic) bond motifs is 1. The number of pyridine rings is 1. The fourth-order valence-electron chi connectivity index (χ4n) is 5.62. The van der Waals surface area contributed by atoms with Gasteiger partial charge >= 0.3 is 0 Å². The van der Waals surface area contributed by atoms with Gasteiger partial charge in [-0.3, -0.25) is 4.79 Å². The van der Waals surface area contributed by atoms with Crippen LogP contribution in [0.3, 0.4) is 0 Å². The first-order chi connectivity index (χ1) is 15.7. The molecule has 33 heavy (non-hydrogen) atoms. The molecule has 1 aromatic carbocycles. The van der Waals surface area contributed by atoms with Crippen LogP contribution in [0.15, 0.2) is 75.9 Å². The molecule has 6 nitrogen and oxygen atoms in total. The summed E-state index contributed by atoms with van der Waals surface area (Å²) >= 11 is 0. The topological polar surface area (TPSA) is 70.0 Å². The summed E-state index contributed by atoms with van der Waals surface area (Å²) in [6.45, 7) is 6.39. The average molecular weight is 446 g/mol. The Morgan fingerprint density at radius 3 is 2.73 bits per heavy atom. The molecule has 0 fully saturated rings. The van der Waals surface area contributed by atoms with Crippen LogP contribution >= 0.6 is 0 Å². The molecule has 2 aromatic rings. The number of azo groups is 1. The first-order valence-electron chi connectivity index (χ1n) is 11.3. The predicted molar refractivity (Wildman–Crippen MR) is 126 cm³/mol. The zero-order valence-electron chi connectivity index (χ0n) is 19.4. The second-order valence-corrected chi connectivity index (χ2v) is 9.86. The van der Waals surface area contributed by atoms with Crippen LogP contribution in [0.1, 0.15) is 45.6 Å². The van der Waals surface area contributed by atoms with E-state index in [1.165, 1.54) is 12.3 Å². The van der Waals surface area contributed by atoms with Gasteiger partial charge in [0.05, 0.1) is 11.6 Å². The number of allylic oxidation sites excluding steroid dienone is 2. The Kier molecular flexibility index (Phi) is 4.96. The van der Waals surface area contributed by atoms with Gasteiger partial charge in [0.1, 0.15) is 0 Å². The molecule has 0 saturated heterocycles. The highest BCUT2D eigenvalue weighted by Crippen LogP contribution is 2.54. The van der Waals surface area contributed by atoms with E-state index in [0.717, 1.165) is 34.5 Å². The van der Waals surface area contributed by atoms with E-state index >= 15 is 0 Å². The number of hydrogen-bond donors (Lipinski definition) is 1. The van der Waals surface area contributed by atoms with Crippen molar-refractivity contribution in [2.75, 3.05) is 11.9 Å². The lowest BCUT2D eigenvalue weighted by molar-refractivity contribution is -0.119. The summed E-state index contributed by atoms with van der Waals surface area (Å²) in [6.07, 6.45) is 5.03. The summed E-state index contributed by atoms with van der Waals surface area (Å²) in [5, 5.41) is 12.2. The number of carbonyl (C=O) groups is 1. The summed E-state index contributed by atoms with van der Waals surface area (Å²) in [7, 11) is 1.90. The van der Waals surface area contributed by atoms with E-state index in [1.807, 2.05) is 30.3 Å². The van der Waals surface area contributed by atoms with Gasteiger partial charge in [-0.1, -0.05) is 32.9 Å². The summed E-state index contributed by atoms with van der Waals surface area (Å²) < 4.78 is 13.8. The molecule has 2 atom stereocenters. The minimum atomic E-state index is -0.608. The van der Waals surface area contributed by atoms with Crippen molar-refractivity contribution in [3.8, 4) is 0 Å². The molecule has 2 aliphatic heterocycles. The zero-order valence-corrected chi connectivity index (χ0v) is 19.4. The lowest BCUT2D eigenvalue weighted by Gasteiger charge is -2.48. The van der Waals surface area contributed by atoms with Gasteiger partial charge in [0, 0.05) is 53.9 Å². The molecule has 0 saturated carbocycles. The molecule has 5 rings (SSSR count). The van der Waals surface area contributed by atoms with Gasteiger partial charge in [-0.15, -0.1) is 0 Å². The molecule has 1 N–H and O–H groups in total. The fraction of sp³-hybridized carbons (Fsp3) is 0.385. The molecule has 3 heterocycles. The first-order valence-corrected chi connectivity index (χ1v) is 11.3. The Morgan fingerprint density at radius 2 is 1.97 bits per heavy atom. The van der Waals surface area contributed by atoms with Crippen LogP contribution < -0.4 is 10.2 Å². The van der Waals surface area contributed by atoms with Crippen molar-refractivity contribution < 1.29 is 9.18 Å². The van der Waals surface area contributed by atoms with Crippen LogP contribution in [0.5, 0.6) is 0 Å². The Hall–Kier alpha value is -3.35. The van der Waals surface area contributed by atoms with Crippen LogP contribution in [-0.4, -0.2) is 24.0 Å². The highest BCUT2D eigenvalue weighted by Gasteiger charge is 2.53. The summed E-state index contributed by atoms with van der Waals surface area (Å²) in [5.74, 6) is -0.344. The van der Waals surface area contributed by atoms with Gasteiger partial charge in [-0.25, -0.2) is 4.98 Å². The van der Waals surface area contributed by atoms with E-state index in [2.05, 4.69) is 53.4 Å². The molecule has 1 unspecified atom stereocenters. The van der Waals surface area contributed by atoms with Crippen LogP contribution in [0.2, 0.25) is 0 Å². The number of rotatable bonds is 4. The van der Waals surface area contributed by atoms with Gasteiger partial charge in [-0.2, -0.15) is 14.6 Å². The SMILES string of the molecule is CC[C@@]1(c2cccc(N(C)c3ccnc(F)c3)c2)C2=CN=NC2NC2=C1C(=O)CC(C)(C)C2. The van der Waals surface area contributed by atoms with E-state index in [-0.39, 0.29) is 17.4 Å². The molecule has 1 aromatic heterocycles. The lowest BCUT2D eigenvalue weighted by atomic mass is 9.59. The average Bonchev–Trinajstić information content (AvgIpc) is 3.25. The maximum absolute atomic E-state index is 13.8. The van der Waals surface area contributed by atoms with Gasteiger partial charge in [0.15, 0.2) is 11.9 Å². The van der Waals surface area contributed by atoms with Gasteiger partial charge < -0.3 is 10.2 Å². The quantitative estimate of drug-likeness (QED) is 0.626. The minimum absolute atomic E-state index is 0.104. The first kappa shape index (κ1) is 21.5. The molecular weight excluding hydrogens is 417 g/mol. The van der Waals surface area contributed by atoms with Gasteiger partial charge in [0.25, 0.3) is 0 Å². The van der Waals surface area contributed by atoms with Crippen molar-refractivity contribution in [1.82, 2.24) is 10.3 Å². The Bertz CT molecular complexity index is 1230. The number of hydrogen-bond acceptors (Lipinski definition) is 6. The summed E-state index contributed by atoms with van der Waals surface area (Å²) in [5.41, 5.74) is 4.74. The third kappa shape index (κ3) is 3.37. The zero-order chi connectivity index (χ0) is 23.4. The van der Waals surface area contributed by atoms with Crippen molar-refractivity contribution in [3.63, 3.8) is 0 Å². The van der Waals surface area contributed by atoms with Crippen molar-refractivity contribution in [1.29, 1.82) is 0 Å². The van der Waals surface area contributed by atoms with E-state index in [9.17, 15) is 9.18 Å². The minimum Gasteiger partial charge on any atom is -0.362 e. The molecule has 0 bridgehead atoms.